The second kappa shape index (κ2) is 3.29. The third-order valence-corrected chi connectivity index (χ3v) is 2.39. The zero-order valence-corrected chi connectivity index (χ0v) is 7.59. The van der Waals surface area contributed by atoms with E-state index in [0.717, 1.165) is 12.5 Å². The number of hydrogen-bond donors (Lipinski definition) is 0. The second-order valence-electron chi connectivity index (χ2n) is 3.69. The van der Waals surface area contributed by atoms with Crippen LogP contribution in [0.3, 0.4) is 0 Å². The summed E-state index contributed by atoms with van der Waals surface area (Å²) in [5, 5.41) is 3.47. The predicted molar refractivity (Wildman–Crippen MR) is 44.6 cm³/mol. The van der Waals surface area contributed by atoms with E-state index in [1.165, 1.54) is 23.7 Å². The van der Waals surface area contributed by atoms with Crippen molar-refractivity contribution in [1.82, 2.24) is 9.78 Å². The van der Waals surface area contributed by atoms with Crippen LogP contribution in [-0.2, 0) is 12.7 Å². The Labute approximate surface area is 79.7 Å². The maximum atomic E-state index is 12.1. The molecular formula is C9H11F3N2. The molecular weight excluding hydrogens is 193 g/mol. The lowest BCUT2D eigenvalue weighted by atomic mass is 10.3. The van der Waals surface area contributed by atoms with Gasteiger partial charge in [0.05, 0.1) is 0 Å². The molecule has 78 valence electrons. The van der Waals surface area contributed by atoms with Crippen molar-refractivity contribution in [2.24, 2.45) is 5.92 Å². The van der Waals surface area contributed by atoms with Crippen molar-refractivity contribution in [3.63, 3.8) is 0 Å². The molecule has 0 aromatic carbocycles. The van der Waals surface area contributed by atoms with Crippen LogP contribution in [0.15, 0.2) is 12.3 Å². The minimum atomic E-state index is -4.31. The van der Waals surface area contributed by atoms with Crippen molar-refractivity contribution in [3.8, 4) is 0 Å². The number of rotatable bonds is 3. The molecule has 0 bridgehead atoms. The Bertz CT molecular complexity index is 312. The van der Waals surface area contributed by atoms with E-state index in [-0.39, 0.29) is 0 Å². The van der Waals surface area contributed by atoms with Crippen molar-refractivity contribution in [3.05, 3.63) is 18.0 Å². The lowest BCUT2D eigenvalue weighted by Gasteiger charge is -2.02. The molecule has 1 aromatic rings. The fourth-order valence-corrected chi connectivity index (χ4v) is 1.36. The first-order chi connectivity index (χ1) is 6.55. The van der Waals surface area contributed by atoms with Gasteiger partial charge < -0.3 is 0 Å². The summed E-state index contributed by atoms with van der Waals surface area (Å²) >= 11 is 0. The van der Waals surface area contributed by atoms with E-state index in [9.17, 15) is 13.2 Å². The molecule has 1 aromatic heterocycles. The third-order valence-electron chi connectivity index (χ3n) is 2.39. The smallest absolute Gasteiger partial charge is 0.272 e. The van der Waals surface area contributed by atoms with E-state index in [2.05, 4.69) is 5.10 Å². The Morgan fingerprint density at radius 2 is 2.14 bits per heavy atom. The molecule has 2 nitrogen and oxygen atoms in total. The molecule has 0 spiro atoms. The fourth-order valence-electron chi connectivity index (χ4n) is 1.36. The molecule has 1 aliphatic carbocycles. The largest absolute Gasteiger partial charge is 0.435 e. The van der Waals surface area contributed by atoms with Gasteiger partial charge in [-0.3, -0.25) is 4.68 Å². The van der Waals surface area contributed by atoms with Gasteiger partial charge in [-0.1, -0.05) is 12.8 Å². The highest BCUT2D eigenvalue weighted by molar-refractivity contribution is 5.03. The average molecular weight is 204 g/mol. The minimum Gasteiger partial charge on any atom is -0.272 e. The van der Waals surface area contributed by atoms with Crippen molar-refractivity contribution in [1.29, 1.82) is 0 Å². The molecule has 2 rings (SSSR count). The minimum absolute atomic E-state index is 0.598. The topological polar surface area (TPSA) is 17.8 Å². The van der Waals surface area contributed by atoms with Crippen LogP contribution >= 0.6 is 0 Å². The zero-order chi connectivity index (χ0) is 10.2. The number of nitrogens with zero attached hydrogens (tertiary/aromatic N) is 2. The van der Waals surface area contributed by atoms with Gasteiger partial charge in [-0.25, -0.2) is 0 Å². The number of aryl methyl sites for hydroxylation is 1. The SMILES string of the molecule is FC(F)(F)c1ccn(CCC2CC2)n1. The number of hydrogen-bond acceptors (Lipinski definition) is 1. The van der Waals surface area contributed by atoms with Gasteiger partial charge in [-0.2, -0.15) is 18.3 Å². The van der Waals surface area contributed by atoms with Gasteiger partial charge in [0, 0.05) is 12.7 Å². The average Bonchev–Trinajstić information content (AvgIpc) is 2.77. The third kappa shape index (κ3) is 2.27. The molecule has 0 unspecified atom stereocenters. The standard InChI is InChI=1S/C9H11F3N2/c10-9(11,12)8-4-6-14(13-8)5-3-7-1-2-7/h4,6-7H,1-3,5H2. The van der Waals surface area contributed by atoms with Crippen LogP contribution in [-0.4, -0.2) is 9.78 Å². The maximum absolute atomic E-state index is 12.1. The molecule has 5 heteroatoms. The van der Waals surface area contributed by atoms with E-state index in [1.54, 1.807) is 0 Å². The summed E-state index contributed by atoms with van der Waals surface area (Å²) in [6.45, 7) is 0.598. The molecule has 14 heavy (non-hydrogen) atoms. The lowest BCUT2D eigenvalue weighted by molar-refractivity contribution is -0.141. The van der Waals surface area contributed by atoms with E-state index < -0.39 is 11.9 Å². The number of aromatic nitrogens is 2. The van der Waals surface area contributed by atoms with Gasteiger partial charge in [0.1, 0.15) is 0 Å². The van der Waals surface area contributed by atoms with Crippen molar-refractivity contribution in [2.45, 2.75) is 32.0 Å². The van der Waals surface area contributed by atoms with E-state index in [4.69, 9.17) is 0 Å². The molecule has 1 aliphatic rings. The van der Waals surface area contributed by atoms with Crippen molar-refractivity contribution >= 4 is 0 Å². The van der Waals surface area contributed by atoms with Gasteiger partial charge >= 0.3 is 6.18 Å². The summed E-state index contributed by atoms with van der Waals surface area (Å²) in [4.78, 5) is 0. The van der Waals surface area contributed by atoms with Crippen LogP contribution < -0.4 is 0 Å². The Morgan fingerprint density at radius 3 is 2.64 bits per heavy atom. The molecule has 0 N–H and O–H groups in total. The van der Waals surface area contributed by atoms with Crippen LogP contribution in [0.5, 0.6) is 0 Å². The number of alkyl halides is 3. The molecule has 0 saturated heterocycles. The van der Waals surface area contributed by atoms with Gasteiger partial charge in [-0.05, 0) is 18.4 Å². The Balaban J connectivity index is 1.94. The van der Waals surface area contributed by atoms with Gasteiger partial charge in [0.25, 0.3) is 0 Å². The Kier molecular flexibility index (Phi) is 2.25. The lowest BCUT2D eigenvalue weighted by Crippen LogP contribution is -2.08. The summed E-state index contributed by atoms with van der Waals surface area (Å²) in [5.74, 6) is 0.716. The first kappa shape index (κ1) is 9.55. The Morgan fingerprint density at radius 1 is 1.43 bits per heavy atom. The van der Waals surface area contributed by atoms with Crippen LogP contribution in [0.2, 0.25) is 0 Å². The fraction of sp³-hybridized carbons (Fsp3) is 0.667. The van der Waals surface area contributed by atoms with Crippen LogP contribution in [0.4, 0.5) is 13.2 Å². The predicted octanol–water partition coefficient (Wildman–Crippen LogP) is 2.70. The van der Waals surface area contributed by atoms with Crippen LogP contribution in [0.1, 0.15) is 25.0 Å². The Hall–Kier alpha value is -1.00. The van der Waals surface area contributed by atoms with Crippen molar-refractivity contribution < 1.29 is 13.2 Å². The van der Waals surface area contributed by atoms with E-state index >= 15 is 0 Å². The zero-order valence-electron chi connectivity index (χ0n) is 7.59. The van der Waals surface area contributed by atoms with Crippen molar-refractivity contribution in [2.75, 3.05) is 0 Å². The highest BCUT2D eigenvalue weighted by atomic mass is 19.4. The maximum Gasteiger partial charge on any atom is 0.435 e. The first-order valence-corrected chi connectivity index (χ1v) is 4.66. The summed E-state index contributed by atoms with van der Waals surface area (Å²) < 4.78 is 37.8. The van der Waals surface area contributed by atoms with E-state index in [0.29, 0.717) is 12.5 Å². The monoisotopic (exact) mass is 204 g/mol. The van der Waals surface area contributed by atoms with Gasteiger partial charge in [0.2, 0.25) is 0 Å². The summed E-state index contributed by atoms with van der Waals surface area (Å²) in [6.07, 6.45) is 0.454. The van der Waals surface area contributed by atoms with Gasteiger partial charge in [0.15, 0.2) is 5.69 Å². The first-order valence-electron chi connectivity index (χ1n) is 4.66. The highest BCUT2D eigenvalue weighted by Gasteiger charge is 2.33. The second-order valence-corrected chi connectivity index (χ2v) is 3.69. The molecule has 0 aliphatic heterocycles. The summed E-state index contributed by atoms with van der Waals surface area (Å²) in [5.41, 5.74) is -0.798. The quantitative estimate of drug-likeness (QED) is 0.740. The highest BCUT2D eigenvalue weighted by Crippen LogP contribution is 2.33. The molecule has 1 heterocycles. The van der Waals surface area contributed by atoms with Crippen LogP contribution in [0.25, 0.3) is 0 Å². The molecule has 1 fully saturated rings. The molecule has 1 saturated carbocycles. The molecule has 0 amide bonds. The number of halogens is 3. The summed E-state index contributed by atoms with van der Waals surface area (Å²) in [7, 11) is 0. The normalized spacial score (nSPS) is 17.4. The van der Waals surface area contributed by atoms with E-state index in [1.807, 2.05) is 0 Å². The van der Waals surface area contributed by atoms with Gasteiger partial charge in [-0.15, -0.1) is 0 Å². The van der Waals surface area contributed by atoms with Crippen LogP contribution in [0, 0.1) is 5.92 Å². The summed E-state index contributed by atoms with van der Waals surface area (Å²) in [6, 6.07) is 1.02. The molecule has 0 radical (unpaired) electrons. The molecule has 0 atom stereocenters.